The number of alkyl carbamates (subject to hydrolysis) is 1. The topological polar surface area (TPSA) is 67.9 Å². The molecular formula is C21H29BrN2O4. The summed E-state index contributed by atoms with van der Waals surface area (Å²) in [6.07, 6.45) is 4.40. The number of benzene rings is 1. The van der Waals surface area contributed by atoms with Crippen LogP contribution in [0.3, 0.4) is 0 Å². The van der Waals surface area contributed by atoms with Crippen LogP contribution in [0.25, 0.3) is 0 Å². The van der Waals surface area contributed by atoms with Crippen molar-refractivity contribution < 1.29 is 19.1 Å². The third-order valence-electron chi connectivity index (χ3n) is 5.23. The van der Waals surface area contributed by atoms with Crippen molar-refractivity contribution in [2.75, 3.05) is 26.2 Å². The van der Waals surface area contributed by atoms with Crippen LogP contribution in [-0.4, -0.2) is 48.7 Å². The van der Waals surface area contributed by atoms with Gasteiger partial charge in [0, 0.05) is 23.1 Å². The van der Waals surface area contributed by atoms with E-state index < -0.39 is 11.7 Å². The van der Waals surface area contributed by atoms with Crippen molar-refractivity contribution in [2.45, 2.75) is 52.1 Å². The molecule has 1 saturated carbocycles. The van der Waals surface area contributed by atoms with Gasteiger partial charge in [-0.3, -0.25) is 4.79 Å². The van der Waals surface area contributed by atoms with Crippen LogP contribution in [0.15, 0.2) is 22.7 Å². The van der Waals surface area contributed by atoms with Gasteiger partial charge in [-0.1, -0.05) is 15.9 Å². The molecule has 1 aliphatic heterocycles. The van der Waals surface area contributed by atoms with Gasteiger partial charge < -0.3 is 19.7 Å². The van der Waals surface area contributed by atoms with Crippen LogP contribution in [0.2, 0.25) is 0 Å². The predicted molar refractivity (Wildman–Crippen MR) is 111 cm³/mol. The average molecular weight is 453 g/mol. The van der Waals surface area contributed by atoms with Crippen molar-refractivity contribution in [3.63, 3.8) is 0 Å². The average Bonchev–Trinajstić information content (AvgIpc) is 3.36. The summed E-state index contributed by atoms with van der Waals surface area (Å²) in [5.74, 6) is 0.646. The van der Waals surface area contributed by atoms with Gasteiger partial charge in [-0.25, -0.2) is 4.79 Å². The minimum absolute atomic E-state index is 0.0496. The van der Waals surface area contributed by atoms with E-state index in [0.29, 0.717) is 23.3 Å². The van der Waals surface area contributed by atoms with E-state index in [1.54, 1.807) is 6.07 Å². The Morgan fingerprint density at radius 2 is 1.82 bits per heavy atom. The van der Waals surface area contributed by atoms with Crippen molar-refractivity contribution in [3.05, 3.63) is 28.2 Å². The number of hydrogen-bond donors (Lipinski definition) is 1. The zero-order valence-electron chi connectivity index (χ0n) is 16.8. The number of hydrogen-bond acceptors (Lipinski definition) is 4. The van der Waals surface area contributed by atoms with E-state index in [-0.39, 0.29) is 12.5 Å². The minimum Gasteiger partial charge on any atom is -0.492 e. The van der Waals surface area contributed by atoms with Crippen molar-refractivity contribution >= 4 is 27.9 Å². The van der Waals surface area contributed by atoms with Gasteiger partial charge in [0.15, 0.2) is 0 Å². The molecular weight excluding hydrogens is 424 g/mol. The molecule has 1 spiro atoms. The molecule has 3 rings (SSSR count). The standard InChI is InChI=1S/C21H29BrN2O4/c1-20(2,3)28-19(26)23-8-11-27-17-13-15(12-16(22)14-17)18(25)24-9-6-21(4-5-21)7-10-24/h12-14H,4-11H2,1-3H3,(H,23,26). The van der Waals surface area contributed by atoms with Gasteiger partial charge in [-0.2, -0.15) is 0 Å². The lowest BCUT2D eigenvalue weighted by Gasteiger charge is -2.32. The SMILES string of the molecule is CC(C)(C)OC(=O)NCCOc1cc(Br)cc(C(=O)N2CCC3(CC2)CC3)c1. The molecule has 1 aromatic carbocycles. The Labute approximate surface area is 175 Å². The fourth-order valence-corrected chi connectivity index (χ4v) is 3.92. The summed E-state index contributed by atoms with van der Waals surface area (Å²) >= 11 is 3.46. The van der Waals surface area contributed by atoms with Gasteiger partial charge in [0.25, 0.3) is 5.91 Å². The van der Waals surface area contributed by atoms with Crippen LogP contribution in [0.5, 0.6) is 5.75 Å². The van der Waals surface area contributed by atoms with Crippen molar-refractivity contribution in [1.82, 2.24) is 10.2 Å². The normalized spacial score (nSPS) is 17.9. The lowest BCUT2D eigenvalue weighted by molar-refractivity contribution is 0.0520. The minimum atomic E-state index is -0.530. The maximum absolute atomic E-state index is 12.9. The Morgan fingerprint density at radius 3 is 2.43 bits per heavy atom. The van der Waals surface area contributed by atoms with E-state index in [9.17, 15) is 9.59 Å². The summed E-state index contributed by atoms with van der Waals surface area (Å²) in [4.78, 5) is 26.5. The molecule has 1 aromatic rings. The third-order valence-corrected chi connectivity index (χ3v) is 5.68. The van der Waals surface area contributed by atoms with Crippen LogP contribution in [-0.2, 0) is 4.74 Å². The number of carbonyl (C=O) groups excluding carboxylic acids is 2. The predicted octanol–water partition coefficient (Wildman–Crippen LogP) is 4.37. The second-order valence-electron chi connectivity index (χ2n) is 8.74. The molecule has 1 heterocycles. The van der Waals surface area contributed by atoms with Gasteiger partial charge in [-0.15, -0.1) is 0 Å². The Hall–Kier alpha value is -1.76. The summed E-state index contributed by atoms with van der Waals surface area (Å²) in [7, 11) is 0. The monoisotopic (exact) mass is 452 g/mol. The van der Waals surface area contributed by atoms with E-state index in [1.165, 1.54) is 12.8 Å². The molecule has 154 valence electrons. The van der Waals surface area contributed by atoms with E-state index in [2.05, 4.69) is 21.2 Å². The molecule has 6 nitrogen and oxygen atoms in total. The van der Waals surface area contributed by atoms with Crippen molar-refractivity contribution in [3.8, 4) is 5.75 Å². The highest BCUT2D eigenvalue weighted by molar-refractivity contribution is 9.10. The maximum atomic E-state index is 12.9. The maximum Gasteiger partial charge on any atom is 0.407 e. The lowest BCUT2D eigenvalue weighted by atomic mass is 9.93. The molecule has 1 N–H and O–H groups in total. The third kappa shape index (κ3) is 5.87. The number of piperidine rings is 1. The zero-order valence-corrected chi connectivity index (χ0v) is 18.4. The Morgan fingerprint density at radius 1 is 1.14 bits per heavy atom. The van der Waals surface area contributed by atoms with Crippen molar-refractivity contribution in [2.24, 2.45) is 5.41 Å². The number of nitrogens with zero attached hydrogens (tertiary/aromatic N) is 1. The second-order valence-corrected chi connectivity index (χ2v) is 9.66. The molecule has 28 heavy (non-hydrogen) atoms. The second kappa shape index (κ2) is 8.31. The summed E-state index contributed by atoms with van der Waals surface area (Å²) in [5, 5.41) is 2.65. The molecule has 2 aliphatic rings. The van der Waals surface area contributed by atoms with E-state index in [1.807, 2.05) is 37.8 Å². The zero-order chi connectivity index (χ0) is 20.4. The number of ether oxygens (including phenoxy) is 2. The van der Waals surface area contributed by atoms with Crippen molar-refractivity contribution in [1.29, 1.82) is 0 Å². The Bertz CT molecular complexity index is 730. The van der Waals surface area contributed by atoms with Crippen LogP contribution < -0.4 is 10.1 Å². The van der Waals surface area contributed by atoms with Gasteiger partial charge >= 0.3 is 6.09 Å². The highest BCUT2D eigenvalue weighted by Gasteiger charge is 2.45. The molecule has 2 fully saturated rings. The van der Waals surface area contributed by atoms with E-state index in [0.717, 1.165) is 30.4 Å². The lowest BCUT2D eigenvalue weighted by Crippen LogP contribution is -2.39. The summed E-state index contributed by atoms with van der Waals surface area (Å²) in [5.41, 5.74) is 0.637. The molecule has 0 radical (unpaired) electrons. The van der Waals surface area contributed by atoms with Crippen LogP contribution in [0.1, 0.15) is 56.8 Å². The summed E-state index contributed by atoms with van der Waals surface area (Å²) in [6.45, 7) is 7.72. The fraction of sp³-hybridized carbons (Fsp3) is 0.619. The molecule has 0 unspecified atom stereocenters. The first-order valence-electron chi connectivity index (χ1n) is 9.85. The molecule has 2 amide bonds. The summed E-state index contributed by atoms with van der Waals surface area (Å²) < 4.78 is 11.7. The first kappa shape index (κ1) is 21.0. The largest absolute Gasteiger partial charge is 0.492 e. The molecule has 0 atom stereocenters. The van der Waals surface area contributed by atoms with Crippen LogP contribution >= 0.6 is 15.9 Å². The van der Waals surface area contributed by atoms with Gasteiger partial charge in [0.05, 0.1) is 6.54 Å². The van der Waals surface area contributed by atoms with Gasteiger partial charge in [0.1, 0.15) is 18.0 Å². The first-order chi connectivity index (χ1) is 13.2. The van der Waals surface area contributed by atoms with Gasteiger partial charge in [0.2, 0.25) is 0 Å². The summed E-state index contributed by atoms with van der Waals surface area (Å²) in [6, 6.07) is 5.41. The molecule has 0 aromatic heterocycles. The van der Waals surface area contributed by atoms with Gasteiger partial charge in [-0.05, 0) is 70.1 Å². The molecule has 0 bridgehead atoms. The first-order valence-corrected chi connectivity index (χ1v) is 10.6. The van der Waals surface area contributed by atoms with E-state index >= 15 is 0 Å². The van der Waals surface area contributed by atoms with E-state index in [4.69, 9.17) is 9.47 Å². The number of likely N-dealkylation sites (tertiary alicyclic amines) is 1. The smallest absolute Gasteiger partial charge is 0.407 e. The molecule has 7 heteroatoms. The number of nitrogens with one attached hydrogen (secondary N) is 1. The molecule has 1 aliphatic carbocycles. The van der Waals surface area contributed by atoms with Crippen LogP contribution in [0, 0.1) is 5.41 Å². The Balaban J connectivity index is 1.50. The number of amides is 2. The highest BCUT2D eigenvalue weighted by atomic mass is 79.9. The highest BCUT2D eigenvalue weighted by Crippen LogP contribution is 2.53. The number of halogens is 1. The Kier molecular flexibility index (Phi) is 6.22. The fourth-order valence-electron chi connectivity index (χ4n) is 3.45. The number of rotatable bonds is 5. The van der Waals surface area contributed by atoms with Crippen LogP contribution in [0.4, 0.5) is 4.79 Å². The quantitative estimate of drug-likeness (QED) is 0.673. The number of carbonyl (C=O) groups is 2. The molecule has 1 saturated heterocycles.